The van der Waals surface area contributed by atoms with Gasteiger partial charge in [0.2, 0.25) is 5.91 Å². The molecule has 3 aliphatic rings. The zero-order valence-electron chi connectivity index (χ0n) is 37.2. The van der Waals surface area contributed by atoms with E-state index in [1.165, 1.54) is 12.0 Å². The first-order chi connectivity index (χ1) is 30.8. The molecule has 9 rings (SSSR count). The number of aromatic amines is 1. The predicted octanol–water partition coefficient (Wildman–Crippen LogP) is 7.65. The zero-order valence-corrected chi connectivity index (χ0v) is 37.2. The molecule has 3 fully saturated rings. The van der Waals surface area contributed by atoms with Gasteiger partial charge in [-0.15, -0.1) is 0 Å². The summed E-state index contributed by atoms with van der Waals surface area (Å²) in [6.07, 6.45) is 4.15. The van der Waals surface area contributed by atoms with Gasteiger partial charge in [0.1, 0.15) is 17.8 Å². The summed E-state index contributed by atoms with van der Waals surface area (Å²) in [6, 6.07) is 21.7. The topological polar surface area (TPSA) is 157 Å². The number of piperazine rings is 1. The van der Waals surface area contributed by atoms with Gasteiger partial charge in [0.05, 0.1) is 29.2 Å². The van der Waals surface area contributed by atoms with Crippen LogP contribution in [0.5, 0.6) is 0 Å². The number of Topliss-reactive ketones (excluding diaryl/α,β-unsaturated/α-hetero) is 1. The first kappa shape index (κ1) is 42.8. The average molecular weight is 867 g/mol. The number of anilines is 3. The largest absolute Gasteiger partial charge is 0.372 e. The molecule has 6 aromatic rings. The van der Waals surface area contributed by atoms with Crippen LogP contribution in [0.2, 0.25) is 0 Å². The molecule has 14 nitrogen and oxygen atoms in total. The number of nitrogens with one attached hydrogen (secondary N) is 2. The maximum atomic E-state index is 16.4. The lowest BCUT2D eigenvalue weighted by atomic mass is 9.95. The molecule has 3 saturated heterocycles. The quantitative estimate of drug-likeness (QED) is 0.131. The van der Waals surface area contributed by atoms with Crippen molar-refractivity contribution in [1.82, 2.24) is 35.3 Å². The molecule has 0 saturated carbocycles. The molecular formula is C49H55FN10O4. The van der Waals surface area contributed by atoms with Crippen LogP contribution in [0.25, 0.3) is 33.5 Å². The van der Waals surface area contributed by atoms with Crippen LogP contribution in [0.3, 0.4) is 0 Å². The number of fused-ring (bicyclic) bond motifs is 1. The van der Waals surface area contributed by atoms with E-state index in [4.69, 9.17) is 4.52 Å². The second-order valence-electron chi connectivity index (χ2n) is 18.5. The lowest BCUT2D eigenvalue weighted by Gasteiger charge is -2.40. The van der Waals surface area contributed by atoms with Gasteiger partial charge in [-0.3, -0.25) is 19.3 Å². The number of benzene rings is 3. The van der Waals surface area contributed by atoms with Crippen LogP contribution in [0.4, 0.5) is 21.5 Å². The highest BCUT2D eigenvalue weighted by Gasteiger charge is 2.29. The van der Waals surface area contributed by atoms with Gasteiger partial charge in [0.25, 0.3) is 0 Å². The first-order valence-corrected chi connectivity index (χ1v) is 22.3. The molecule has 1 atom stereocenters. The number of piperidine rings is 2. The number of ketones is 1. The molecule has 0 aliphatic carbocycles. The molecule has 3 aromatic heterocycles. The summed E-state index contributed by atoms with van der Waals surface area (Å²) < 4.78 is 21.7. The fourth-order valence-corrected chi connectivity index (χ4v) is 9.27. The molecule has 2 N–H and O–H groups in total. The normalized spacial score (nSPS) is 17.4. The van der Waals surface area contributed by atoms with E-state index in [-0.39, 0.29) is 35.5 Å². The smallest absolute Gasteiger partial charge is 0.315 e. The van der Waals surface area contributed by atoms with Gasteiger partial charge in [-0.25, -0.2) is 14.4 Å². The Bertz CT molecular complexity index is 2670. The van der Waals surface area contributed by atoms with Crippen molar-refractivity contribution in [2.45, 2.75) is 71.8 Å². The number of hydrogen-bond donors (Lipinski definition) is 2. The number of aromatic nitrogens is 5. The Kier molecular flexibility index (Phi) is 11.8. The third-order valence-corrected chi connectivity index (χ3v) is 13.0. The Balaban J connectivity index is 0.783. The van der Waals surface area contributed by atoms with Gasteiger partial charge in [-0.2, -0.15) is 4.98 Å². The molecule has 3 aromatic carbocycles. The standard InChI is InChI=1S/C49H55FN10O4/c1-30-26-34(8-15-39(30)31(2)53-46(63)47-55-48(56-64-47)49(3,4)5)43-41-42(50)44(54-45(41)52-29-51-43)33-6-9-35(10-7-33)59-24-22-57(23-25-59)28-32-16-19-58(20-17-32)36-11-13-37(14-12-36)60-21-18-38(61)27-40(60)62/h6-15,26,29,31-32H,16-25,27-28H2,1-5H3,(H,53,63)(H,51,52,54)/t31-/m1/s1. The van der Waals surface area contributed by atoms with E-state index < -0.39 is 11.7 Å². The van der Waals surface area contributed by atoms with Gasteiger partial charge >= 0.3 is 11.8 Å². The van der Waals surface area contributed by atoms with Crippen LogP contribution in [-0.4, -0.2) is 99.9 Å². The lowest BCUT2D eigenvalue weighted by molar-refractivity contribution is -0.128. The third kappa shape index (κ3) is 8.85. The minimum Gasteiger partial charge on any atom is -0.372 e. The number of aryl methyl sites for hydroxylation is 1. The second kappa shape index (κ2) is 17.6. The molecule has 2 amide bonds. The minimum absolute atomic E-state index is 0.00100. The molecular weight excluding hydrogens is 812 g/mol. The number of nitrogens with zero attached hydrogens (tertiary/aromatic N) is 8. The van der Waals surface area contributed by atoms with Crippen LogP contribution in [0.15, 0.2) is 77.6 Å². The fourth-order valence-electron chi connectivity index (χ4n) is 9.27. The van der Waals surface area contributed by atoms with E-state index in [2.05, 4.69) is 69.4 Å². The zero-order chi connectivity index (χ0) is 44.7. The van der Waals surface area contributed by atoms with Crippen molar-refractivity contribution in [3.63, 3.8) is 0 Å². The van der Waals surface area contributed by atoms with Crippen molar-refractivity contribution in [2.75, 3.05) is 67.1 Å². The highest BCUT2D eigenvalue weighted by atomic mass is 19.1. The lowest BCUT2D eigenvalue weighted by Crippen LogP contribution is -2.49. The van der Waals surface area contributed by atoms with Crippen LogP contribution in [0.1, 0.15) is 87.1 Å². The van der Waals surface area contributed by atoms with E-state index in [0.29, 0.717) is 47.1 Å². The van der Waals surface area contributed by atoms with Crippen LogP contribution in [0, 0.1) is 18.7 Å². The SMILES string of the molecule is Cc1cc(-c2ncnc3[nH]c(-c4ccc(N5CCN(CC6CCN(c7ccc(N8CCC(=O)CC8=O)cc7)CC6)CC5)cc4)c(F)c23)ccc1[C@@H](C)NC(=O)c1nc(C(C)(C)C)no1. The van der Waals surface area contributed by atoms with E-state index >= 15 is 4.39 Å². The minimum atomic E-state index is -0.454. The Labute approximate surface area is 372 Å². The molecule has 0 bridgehead atoms. The monoisotopic (exact) mass is 866 g/mol. The van der Waals surface area contributed by atoms with Crippen molar-refractivity contribution >= 4 is 45.7 Å². The number of rotatable bonds is 10. The maximum absolute atomic E-state index is 16.4. The summed E-state index contributed by atoms with van der Waals surface area (Å²) >= 11 is 0. The number of carbonyl (C=O) groups is 3. The number of halogens is 1. The van der Waals surface area contributed by atoms with Crippen molar-refractivity contribution in [3.05, 3.63) is 102 Å². The van der Waals surface area contributed by atoms with Gasteiger partial charge in [0.15, 0.2) is 11.6 Å². The summed E-state index contributed by atoms with van der Waals surface area (Å²) in [5.74, 6) is 0.0766. The van der Waals surface area contributed by atoms with Crippen LogP contribution in [-0.2, 0) is 15.0 Å². The Hall–Kier alpha value is -6.48. The van der Waals surface area contributed by atoms with Crippen LogP contribution < -0.4 is 20.0 Å². The van der Waals surface area contributed by atoms with E-state index in [1.807, 2.05) is 77.1 Å². The summed E-state index contributed by atoms with van der Waals surface area (Å²) in [5.41, 5.74) is 7.34. The Morgan fingerprint density at radius 2 is 1.53 bits per heavy atom. The number of hydrogen-bond acceptors (Lipinski definition) is 11. The third-order valence-electron chi connectivity index (χ3n) is 13.0. The van der Waals surface area contributed by atoms with E-state index in [1.54, 1.807) is 4.90 Å². The number of H-pyrrole nitrogens is 1. The Morgan fingerprint density at radius 3 is 2.19 bits per heavy atom. The Morgan fingerprint density at radius 1 is 0.875 bits per heavy atom. The highest BCUT2D eigenvalue weighted by molar-refractivity contribution is 6.08. The van der Waals surface area contributed by atoms with Gasteiger partial charge in [-0.1, -0.05) is 50.2 Å². The fraction of sp³-hybridized carbons (Fsp3) is 0.408. The summed E-state index contributed by atoms with van der Waals surface area (Å²) in [6.45, 7) is 17.1. The van der Waals surface area contributed by atoms with Gasteiger partial charge < -0.3 is 29.5 Å². The number of amides is 2. The van der Waals surface area contributed by atoms with Crippen molar-refractivity contribution in [1.29, 1.82) is 0 Å². The molecule has 0 spiro atoms. The summed E-state index contributed by atoms with van der Waals surface area (Å²) in [4.78, 5) is 62.5. The number of carbonyl (C=O) groups excluding carboxylic acids is 3. The van der Waals surface area contributed by atoms with Crippen molar-refractivity contribution < 1.29 is 23.3 Å². The van der Waals surface area contributed by atoms with E-state index in [9.17, 15) is 14.4 Å². The molecule has 332 valence electrons. The highest BCUT2D eigenvalue weighted by Crippen LogP contribution is 2.36. The average Bonchev–Trinajstić information content (AvgIpc) is 3.93. The van der Waals surface area contributed by atoms with Crippen molar-refractivity contribution in [3.8, 4) is 22.5 Å². The second-order valence-corrected chi connectivity index (χ2v) is 18.5. The maximum Gasteiger partial charge on any atom is 0.315 e. The van der Waals surface area contributed by atoms with Crippen LogP contribution >= 0.6 is 0 Å². The molecule has 15 heteroatoms. The first-order valence-electron chi connectivity index (χ1n) is 22.3. The van der Waals surface area contributed by atoms with Gasteiger partial charge in [-0.05, 0) is 86.2 Å². The molecule has 0 unspecified atom stereocenters. The molecule has 3 aliphatic heterocycles. The molecule has 0 radical (unpaired) electrons. The van der Waals surface area contributed by atoms with Gasteiger partial charge in [0, 0.05) is 92.4 Å². The summed E-state index contributed by atoms with van der Waals surface area (Å²) in [5, 5.41) is 7.23. The van der Waals surface area contributed by atoms with E-state index in [0.717, 1.165) is 92.3 Å². The molecule has 6 heterocycles. The molecule has 64 heavy (non-hydrogen) atoms. The van der Waals surface area contributed by atoms with Crippen molar-refractivity contribution in [2.24, 2.45) is 5.92 Å². The summed E-state index contributed by atoms with van der Waals surface area (Å²) in [7, 11) is 0. The predicted molar refractivity (Wildman–Crippen MR) is 245 cm³/mol.